The molecule has 1 atom stereocenters. The molecule has 5 rings (SSSR count). The largest absolute Gasteiger partial charge is 0.486 e. The molecule has 9 heteroatoms. The van der Waals surface area contributed by atoms with Crippen molar-refractivity contribution in [1.29, 1.82) is 0 Å². The van der Waals surface area contributed by atoms with E-state index >= 15 is 0 Å². The summed E-state index contributed by atoms with van der Waals surface area (Å²) in [7, 11) is 0. The molecule has 0 radical (unpaired) electrons. The Morgan fingerprint density at radius 3 is 3.04 bits per heavy atom. The fraction of sp³-hybridized carbons (Fsp3) is 0.368. The second kappa shape index (κ2) is 7.31. The highest BCUT2D eigenvalue weighted by Crippen LogP contribution is 2.38. The average molecular weight is 397 g/mol. The molecule has 2 aliphatic rings. The monoisotopic (exact) mass is 397 g/mol. The Bertz CT molecular complexity index is 991. The summed E-state index contributed by atoms with van der Waals surface area (Å²) >= 11 is 1.34. The van der Waals surface area contributed by atoms with Crippen molar-refractivity contribution in [3.63, 3.8) is 0 Å². The second-order valence-electron chi connectivity index (χ2n) is 6.70. The molecule has 28 heavy (non-hydrogen) atoms. The summed E-state index contributed by atoms with van der Waals surface area (Å²) in [5.41, 5.74) is 1.09. The predicted molar refractivity (Wildman–Crippen MR) is 103 cm³/mol. The smallest absolute Gasteiger partial charge is 0.253 e. The first-order valence-corrected chi connectivity index (χ1v) is 10.3. The van der Waals surface area contributed by atoms with Crippen LogP contribution in [0.4, 0.5) is 0 Å². The number of ether oxygens (including phenoxy) is 2. The van der Waals surface area contributed by atoms with Crippen molar-refractivity contribution in [1.82, 2.24) is 24.5 Å². The number of rotatable bonds is 4. The predicted octanol–water partition coefficient (Wildman–Crippen LogP) is 2.35. The van der Waals surface area contributed by atoms with Gasteiger partial charge in [-0.3, -0.25) is 4.79 Å². The minimum atomic E-state index is 0.0691. The highest BCUT2D eigenvalue weighted by molar-refractivity contribution is 7.99. The van der Waals surface area contributed by atoms with Crippen molar-refractivity contribution in [2.75, 3.05) is 25.5 Å². The van der Waals surface area contributed by atoms with E-state index in [0.717, 1.165) is 36.4 Å². The molecule has 3 aromatic rings. The van der Waals surface area contributed by atoms with Crippen LogP contribution in [0.25, 0.3) is 5.78 Å². The van der Waals surface area contributed by atoms with Gasteiger partial charge >= 0.3 is 0 Å². The van der Waals surface area contributed by atoms with Gasteiger partial charge in [0.05, 0.1) is 11.8 Å². The number of nitrogens with zero attached hydrogens (tertiary/aromatic N) is 5. The molecule has 1 amide bonds. The van der Waals surface area contributed by atoms with Crippen LogP contribution in [0.3, 0.4) is 0 Å². The maximum Gasteiger partial charge on any atom is 0.253 e. The standard InChI is InChI=1S/C19H19N5O3S/c25-17(12-28-19-21-18-20-6-2-8-24(18)22-19)23-7-1-3-14(23)13-4-5-15-16(11-13)27-10-9-26-15/h2,4-6,8,11,14H,1,3,7,9-10,12H2/t14-/m0/s1. The Kier molecular flexibility index (Phi) is 4.52. The third-order valence-corrected chi connectivity index (χ3v) is 5.77. The van der Waals surface area contributed by atoms with Gasteiger partial charge < -0.3 is 14.4 Å². The minimum absolute atomic E-state index is 0.0691. The molecule has 4 heterocycles. The number of aromatic nitrogens is 4. The third-order valence-electron chi connectivity index (χ3n) is 4.95. The van der Waals surface area contributed by atoms with Gasteiger partial charge in [-0.15, -0.1) is 5.10 Å². The number of benzene rings is 1. The van der Waals surface area contributed by atoms with Crippen LogP contribution in [0, 0.1) is 0 Å². The number of amides is 1. The molecule has 1 saturated heterocycles. The van der Waals surface area contributed by atoms with E-state index in [1.807, 2.05) is 23.1 Å². The molecule has 0 bridgehead atoms. The Morgan fingerprint density at radius 2 is 2.14 bits per heavy atom. The van der Waals surface area contributed by atoms with Crippen LogP contribution >= 0.6 is 11.8 Å². The van der Waals surface area contributed by atoms with Crippen LogP contribution in [0.5, 0.6) is 11.5 Å². The fourth-order valence-electron chi connectivity index (χ4n) is 3.66. The summed E-state index contributed by atoms with van der Waals surface area (Å²) in [5, 5.41) is 4.90. The topological polar surface area (TPSA) is 81.9 Å². The van der Waals surface area contributed by atoms with E-state index in [1.165, 1.54) is 11.8 Å². The molecule has 144 valence electrons. The van der Waals surface area contributed by atoms with Gasteiger partial charge in [-0.2, -0.15) is 4.98 Å². The van der Waals surface area contributed by atoms with Gasteiger partial charge in [-0.1, -0.05) is 17.8 Å². The molecule has 0 aliphatic carbocycles. The number of likely N-dealkylation sites (tertiary alicyclic amines) is 1. The Morgan fingerprint density at radius 1 is 1.25 bits per heavy atom. The number of hydrogen-bond acceptors (Lipinski definition) is 7. The zero-order valence-electron chi connectivity index (χ0n) is 15.2. The fourth-order valence-corrected chi connectivity index (χ4v) is 4.37. The van der Waals surface area contributed by atoms with Gasteiger partial charge in [-0.25, -0.2) is 9.50 Å². The van der Waals surface area contributed by atoms with Crippen LogP contribution < -0.4 is 9.47 Å². The number of hydrogen-bond donors (Lipinski definition) is 0. The van der Waals surface area contributed by atoms with E-state index in [4.69, 9.17) is 9.47 Å². The van der Waals surface area contributed by atoms with E-state index < -0.39 is 0 Å². The Labute approximate surface area is 165 Å². The number of carbonyl (C=O) groups excluding carboxylic acids is 1. The summed E-state index contributed by atoms with van der Waals surface area (Å²) in [6.07, 6.45) is 5.41. The molecule has 0 N–H and O–H groups in total. The molecule has 0 spiro atoms. The molecule has 0 saturated carbocycles. The van der Waals surface area contributed by atoms with Crippen molar-refractivity contribution >= 4 is 23.4 Å². The summed E-state index contributed by atoms with van der Waals surface area (Å²) < 4.78 is 12.9. The lowest BCUT2D eigenvalue weighted by molar-refractivity contribution is -0.129. The molecule has 0 unspecified atom stereocenters. The average Bonchev–Trinajstić information content (AvgIpc) is 3.38. The van der Waals surface area contributed by atoms with Crippen molar-refractivity contribution in [2.45, 2.75) is 24.0 Å². The molecule has 1 aromatic carbocycles. The zero-order chi connectivity index (χ0) is 18.9. The van der Waals surface area contributed by atoms with Crippen LogP contribution in [0.2, 0.25) is 0 Å². The van der Waals surface area contributed by atoms with Crippen molar-refractivity contribution in [3.8, 4) is 11.5 Å². The quantitative estimate of drug-likeness (QED) is 0.625. The normalized spacial score (nSPS) is 18.6. The van der Waals surface area contributed by atoms with Crippen molar-refractivity contribution < 1.29 is 14.3 Å². The van der Waals surface area contributed by atoms with Crippen LogP contribution in [-0.4, -0.2) is 55.9 Å². The van der Waals surface area contributed by atoms with E-state index in [0.29, 0.717) is 29.9 Å². The van der Waals surface area contributed by atoms with E-state index in [1.54, 1.807) is 23.0 Å². The maximum absolute atomic E-state index is 12.9. The van der Waals surface area contributed by atoms with E-state index in [-0.39, 0.29) is 11.9 Å². The lowest BCUT2D eigenvalue weighted by Crippen LogP contribution is -2.32. The summed E-state index contributed by atoms with van der Waals surface area (Å²) in [6.45, 7) is 1.89. The van der Waals surface area contributed by atoms with Crippen molar-refractivity contribution in [3.05, 3.63) is 42.2 Å². The number of fused-ring (bicyclic) bond motifs is 2. The Hall–Kier alpha value is -2.81. The van der Waals surface area contributed by atoms with Crippen molar-refractivity contribution in [2.24, 2.45) is 0 Å². The van der Waals surface area contributed by atoms with Gasteiger partial charge in [0.25, 0.3) is 5.78 Å². The van der Waals surface area contributed by atoms with Gasteiger partial charge in [0, 0.05) is 18.9 Å². The summed E-state index contributed by atoms with van der Waals surface area (Å²) in [4.78, 5) is 23.3. The molecule has 2 aromatic heterocycles. The van der Waals surface area contributed by atoms with E-state index in [9.17, 15) is 4.79 Å². The zero-order valence-corrected chi connectivity index (χ0v) is 16.0. The summed E-state index contributed by atoms with van der Waals surface area (Å²) in [6, 6.07) is 7.84. The lowest BCUT2D eigenvalue weighted by Gasteiger charge is -2.26. The maximum atomic E-state index is 12.9. The summed E-state index contributed by atoms with van der Waals surface area (Å²) in [5.74, 6) is 2.46. The van der Waals surface area contributed by atoms with E-state index in [2.05, 4.69) is 15.1 Å². The minimum Gasteiger partial charge on any atom is -0.486 e. The number of thioether (sulfide) groups is 1. The molecule has 8 nitrogen and oxygen atoms in total. The SMILES string of the molecule is O=C(CSc1nc2ncccn2n1)N1CCC[C@H]1c1ccc2c(c1)OCCO2. The van der Waals surface area contributed by atoms with Gasteiger partial charge in [0.15, 0.2) is 11.5 Å². The molecular formula is C19H19N5O3S. The number of carbonyl (C=O) groups is 1. The van der Waals surface area contributed by atoms with Crippen LogP contribution in [0.1, 0.15) is 24.4 Å². The van der Waals surface area contributed by atoms with Gasteiger partial charge in [0.2, 0.25) is 11.1 Å². The van der Waals surface area contributed by atoms with Gasteiger partial charge in [0.1, 0.15) is 13.2 Å². The first-order valence-electron chi connectivity index (χ1n) is 9.27. The highest BCUT2D eigenvalue weighted by Gasteiger charge is 2.31. The first kappa shape index (κ1) is 17.3. The highest BCUT2D eigenvalue weighted by atomic mass is 32.2. The van der Waals surface area contributed by atoms with Crippen LogP contribution in [0.15, 0.2) is 41.8 Å². The first-order chi connectivity index (χ1) is 13.8. The second-order valence-corrected chi connectivity index (χ2v) is 7.64. The van der Waals surface area contributed by atoms with Crippen LogP contribution in [-0.2, 0) is 4.79 Å². The van der Waals surface area contributed by atoms with Gasteiger partial charge in [-0.05, 0) is 36.6 Å². The molecular weight excluding hydrogens is 378 g/mol. The third kappa shape index (κ3) is 3.26. The molecule has 1 fully saturated rings. The lowest BCUT2D eigenvalue weighted by atomic mass is 10.0. The molecule has 2 aliphatic heterocycles. The Balaban J connectivity index is 1.28.